The highest BCUT2D eigenvalue weighted by Gasteiger charge is 2.28. The van der Waals surface area contributed by atoms with Crippen molar-refractivity contribution in [3.05, 3.63) is 53.2 Å². The number of hydrogen-bond donors (Lipinski definition) is 1. The lowest BCUT2D eigenvalue weighted by Gasteiger charge is -2.20. The first kappa shape index (κ1) is 16.5. The van der Waals surface area contributed by atoms with Crippen LogP contribution in [-0.2, 0) is 6.54 Å². The van der Waals surface area contributed by atoms with Crippen LogP contribution >= 0.6 is 0 Å². The summed E-state index contributed by atoms with van der Waals surface area (Å²) in [4.78, 5) is 13.9. The Hall–Kier alpha value is -2.37. The van der Waals surface area contributed by atoms with Crippen LogP contribution in [0.3, 0.4) is 0 Å². The normalized spacial score (nSPS) is 20.1. The molecule has 1 aliphatic rings. The number of urea groups is 1. The van der Waals surface area contributed by atoms with Gasteiger partial charge in [0.05, 0.1) is 6.54 Å². The highest BCUT2D eigenvalue weighted by Crippen LogP contribution is 2.34. The molecule has 1 heterocycles. The number of nitrogens with one attached hydrogen (secondary N) is 1. The highest BCUT2D eigenvalue weighted by atomic mass is 19.1. The lowest BCUT2D eigenvalue weighted by atomic mass is 9.97. The summed E-state index contributed by atoms with van der Waals surface area (Å²) in [5.41, 5.74) is 1.74. The quantitative estimate of drug-likeness (QED) is 0.931. The maximum Gasteiger partial charge on any atom is 0.317 e. The predicted octanol–water partition coefficient (Wildman–Crippen LogP) is 3.60. The Morgan fingerprint density at radius 1 is 1.42 bits per heavy atom. The maximum absolute atomic E-state index is 13.4. The predicted molar refractivity (Wildman–Crippen MR) is 88.0 cm³/mol. The van der Waals surface area contributed by atoms with Gasteiger partial charge in [-0.2, -0.15) is 0 Å². The van der Waals surface area contributed by atoms with E-state index in [-0.39, 0.29) is 17.9 Å². The molecule has 1 aliphatic carbocycles. The van der Waals surface area contributed by atoms with E-state index in [1.54, 1.807) is 24.1 Å². The zero-order valence-electron chi connectivity index (χ0n) is 14.0. The second-order valence-electron chi connectivity index (χ2n) is 6.50. The molecule has 1 saturated carbocycles. The topological polar surface area (TPSA) is 58.4 Å². The molecule has 0 bridgehead atoms. The first-order valence-electron chi connectivity index (χ1n) is 8.20. The number of benzene rings is 1. The van der Waals surface area contributed by atoms with Crippen LogP contribution in [-0.4, -0.2) is 29.2 Å². The maximum atomic E-state index is 13.4. The van der Waals surface area contributed by atoms with E-state index in [1.165, 1.54) is 6.07 Å². The molecule has 0 radical (unpaired) electrons. The number of halogens is 1. The number of carbonyl (C=O) groups is 1. The molecule has 0 unspecified atom stereocenters. The van der Waals surface area contributed by atoms with Gasteiger partial charge in [-0.15, -0.1) is 0 Å². The molecule has 128 valence electrons. The third-order valence-corrected chi connectivity index (χ3v) is 4.50. The Balaban J connectivity index is 1.52. The standard InChI is InChI=1S/C18H22FN3O2/c1-12-8-17(21-24-12)11-22(2)18(23)20-16-7-6-14(10-16)13-4-3-5-15(19)9-13/h3-5,8-9,14,16H,6-7,10-11H2,1-2H3,(H,20,23)/t14-,16-/m0/s1. The van der Waals surface area contributed by atoms with Crippen molar-refractivity contribution in [3.63, 3.8) is 0 Å². The number of aromatic nitrogens is 1. The molecule has 6 heteroatoms. The highest BCUT2D eigenvalue weighted by molar-refractivity contribution is 5.74. The minimum absolute atomic E-state index is 0.118. The van der Waals surface area contributed by atoms with Crippen molar-refractivity contribution in [2.24, 2.45) is 0 Å². The van der Waals surface area contributed by atoms with Crippen molar-refractivity contribution in [1.29, 1.82) is 0 Å². The molecule has 1 aromatic heterocycles. The van der Waals surface area contributed by atoms with Crippen LogP contribution in [0.5, 0.6) is 0 Å². The van der Waals surface area contributed by atoms with Gasteiger partial charge in [-0.25, -0.2) is 9.18 Å². The van der Waals surface area contributed by atoms with Gasteiger partial charge in [-0.05, 0) is 49.8 Å². The number of aryl methyl sites for hydroxylation is 1. The van der Waals surface area contributed by atoms with Crippen molar-refractivity contribution in [3.8, 4) is 0 Å². The van der Waals surface area contributed by atoms with Crippen LogP contribution < -0.4 is 5.32 Å². The van der Waals surface area contributed by atoms with Gasteiger partial charge in [0.1, 0.15) is 17.3 Å². The Bertz CT molecular complexity index is 716. The molecule has 0 spiro atoms. The summed E-state index contributed by atoms with van der Waals surface area (Å²) in [7, 11) is 1.73. The van der Waals surface area contributed by atoms with E-state index < -0.39 is 0 Å². The van der Waals surface area contributed by atoms with Crippen LogP contribution in [0.2, 0.25) is 0 Å². The first-order chi connectivity index (χ1) is 11.5. The average molecular weight is 331 g/mol. The van der Waals surface area contributed by atoms with Crippen LogP contribution in [0.1, 0.15) is 42.2 Å². The Labute approximate surface area is 140 Å². The fraction of sp³-hybridized carbons (Fsp3) is 0.444. The van der Waals surface area contributed by atoms with Gasteiger partial charge < -0.3 is 14.7 Å². The third-order valence-electron chi connectivity index (χ3n) is 4.50. The van der Waals surface area contributed by atoms with E-state index in [0.717, 1.165) is 36.3 Å². The monoisotopic (exact) mass is 331 g/mol. The molecule has 1 fully saturated rings. The smallest absolute Gasteiger partial charge is 0.317 e. The average Bonchev–Trinajstić information content (AvgIpc) is 3.16. The van der Waals surface area contributed by atoms with Gasteiger partial charge in [-0.1, -0.05) is 17.3 Å². The second-order valence-corrected chi connectivity index (χ2v) is 6.50. The fourth-order valence-electron chi connectivity index (χ4n) is 3.27. The zero-order chi connectivity index (χ0) is 17.1. The van der Waals surface area contributed by atoms with Crippen LogP contribution in [0.4, 0.5) is 9.18 Å². The van der Waals surface area contributed by atoms with Crippen molar-refractivity contribution < 1.29 is 13.7 Å². The summed E-state index contributed by atoms with van der Waals surface area (Å²) in [6.07, 6.45) is 2.70. The summed E-state index contributed by atoms with van der Waals surface area (Å²) >= 11 is 0. The molecule has 0 saturated heterocycles. The Morgan fingerprint density at radius 3 is 2.96 bits per heavy atom. The van der Waals surface area contributed by atoms with Gasteiger partial charge in [0, 0.05) is 19.2 Å². The van der Waals surface area contributed by atoms with E-state index in [0.29, 0.717) is 12.5 Å². The van der Waals surface area contributed by atoms with Gasteiger partial charge >= 0.3 is 6.03 Å². The number of nitrogens with zero attached hydrogens (tertiary/aromatic N) is 2. The molecule has 1 aromatic carbocycles. The molecule has 3 rings (SSSR count). The summed E-state index contributed by atoms with van der Waals surface area (Å²) < 4.78 is 18.4. The van der Waals surface area contributed by atoms with Crippen molar-refractivity contribution in [1.82, 2.24) is 15.4 Å². The van der Waals surface area contributed by atoms with Crippen LogP contribution in [0.25, 0.3) is 0 Å². The molecular formula is C18H22FN3O2. The number of carbonyl (C=O) groups excluding carboxylic acids is 1. The summed E-state index contributed by atoms with van der Waals surface area (Å²) in [5, 5.41) is 6.95. The van der Waals surface area contributed by atoms with E-state index in [4.69, 9.17) is 4.52 Å². The summed E-state index contributed by atoms with van der Waals surface area (Å²) in [5.74, 6) is 0.824. The Kier molecular flexibility index (Phi) is 4.83. The molecule has 1 N–H and O–H groups in total. The summed E-state index contributed by atoms with van der Waals surface area (Å²) in [6, 6.07) is 8.56. The molecule has 2 aromatic rings. The number of amides is 2. The minimum atomic E-state index is -0.206. The Morgan fingerprint density at radius 2 is 2.25 bits per heavy atom. The SMILES string of the molecule is Cc1cc(CN(C)C(=O)N[C@H]2CC[C@H](c3cccc(F)c3)C2)no1. The lowest BCUT2D eigenvalue weighted by molar-refractivity contribution is 0.201. The van der Waals surface area contributed by atoms with Crippen molar-refractivity contribution >= 4 is 6.03 Å². The third kappa shape index (κ3) is 3.93. The molecule has 24 heavy (non-hydrogen) atoms. The lowest BCUT2D eigenvalue weighted by Crippen LogP contribution is -2.41. The number of hydrogen-bond acceptors (Lipinski definition) is 3. The summed E-state index contributed by atoms with van der Waals surface area (Å²) in [6.45, 7) is 2.23. The van der Waals surface area contributed by atoms with Crippen molar-refractivity contribution in [2.75, 3.05) is 7.05 Å². The molecular weight excluding hydrogens is 309 g/mol. The molecule has 0 aliphatic heterocycles. The van der Waals surface area contributed by atoms with E-state index >= 15 is 0 Å². The van der Waals surface area contributed by atoms with E-state index in [1.807, 2.05) is 19.1 Å². The second kappa shape index (κ2) is 7.03. The van der Waals surface area contributed by atoms with Crippen LogP contribution in [0, 0.1) is 12.7 Å². The van der Waals surface area contributed by atoms with Crippen LogP contribution in [0.15, 0.2) is 34.9 Å². The zero-order valence-corrected chi connectivity index (χ0v) is 14.0. The largest absolute Gasteiger partial charge is 0.361 e. The van der Waals surface area contributed by atoms with Crippen molar-refractivity contribution in [2.45, 2.75) is 44.7 Å². The molecule has 2 amide bonds. The first-order valence-corrected chi connectivity index (χ1v) is 8.20. The van der Waals surface area contributed by atoms with E-state index in [2.05, 4.69) is 10.5 Å². The fourth-order valence-corrected chi connectivity index (χ4v) is 3.27. The number of rotatable bonds is 4. The van der Waals surface area contributed by atoms with Gasteiger partial charge in [-0.3, -0.25) is 0 Å². The van der Waals surface area contributed by atoms with Gasteiger partial charge in [0.15, 0.2) is 0 Å². The minimum Gasteiger partial charge on any atom is -0.361 e. The van der Waals surface area contributed by atoms with E-state index in [9.17, 15) is 9.18 Å². The van der Waals surface area contributed by atoms with Gasteiger partial charge in [0.2, 0.25) is 0 Å². The molecule has 5 nitrogen and oxygen atoms in total. The van der Waals surface area contributed by atoms with Gasteiger partial charge in [0.25, 0.3) is 0 Å². The molecule has 2 atom stereocenters.